The van der Waals surface area contributed by atoms with Crippen LogP contribution in [0.2, 0.25) is 0 Å². The Morgan fingerprint density at radius 1 is 0.941 bits per heavy atom. The highest BCUT2D eigenvalue weighted by atomic mass is 32.2. The van der Waals surface area contributed by atoms with Gasteiger partial charge in [0.25, 0.3) is 5.91 Å². The average Bonchev–Trinajstić information content (AvgIpc) is 2.87. The number of hydrogen-bond donors (Lipinski definition) is 0. The van der Waals surface area contributed by atoms with Crippen molar-refractivity contribution in [3.8, 4) is 0 Å². The molecule has 0 saturated carbocycles. The summed E-state index contributed by atoms with van der Waals surface area (Å²) in [5.74, 6) is -0.673. The van der Waals surface area contributed by atoms with Crippen molar-refractivity contribution >= 4 is 27.2 Å². The van der Waals surface area contributed by atoms with Crippen LogP contribution in [0.4, 0.5) is 5.69 Å². The summed E-state index contributed by atoms with van der Waals surface area (Å²) in [7, 11) is -2.22. The van der Waals surface area contributed by atoms with E-state index in [2.05, 4.69) is 4.90 Å². The van der Waals surface area contributed by atoms with Crippen LogP contribution in [0.15, 0.2) is 76.5 Å². The Balaban J connectivity index is 1.44. The molecule has 0 aliphatic carbocycles. The lowest BCUT2D eigenvalue weighted by Crippen LogP contribution is -2.37. The third-order valence-corrected chi connectivity index (χ3v) is 8.13. The van der Waals surface area contributed by atoms with Gasteiger partial charge in [-0.05, 0) is 42.0 Å². The minimum Gasteiger partial charge on any atom is -0.378 e. The van der Waals surface area contributed by atoms with Gasteiger partial charge in [-0.3, -0.25) is 9.59 Å². The summed E-state index contributed by atoms with van der Waals surface area (Å²) in [6.45, 7) is 3.25. The van der Waals surface area contributed by atoms with E-state index in [4.69, 9.17) is 4.74 Å². The van der Waals surface area contributed by atoms with E-state index in [9.17, 15) is 18.0 Å². The van der Waals surface area contributed by atoms with Gasteiger partial charge in [-0.15, -0.1) is 0 Å². The summed E-state index contributed by atoms with van der Waals surface area (Å²) in [5.41, 5.74) is 2.53. The largest absolute Gasteiger partial charge is 0.378 e. The molecule has 0 atom stereocenters. The van der Waals surface area contributed by atoms with Crippen molar-refractivity contribution in [1.29, 1.82) is 0 Å². The number of ether oxygens (including phenoxy) is 1. The molecule has 0 unspecified atom stereocenters. The van der Waals surface area contributed by atoms with Crippen LogP contribution in [-0.4, -0.2) is 58.4 Å². The lowest BCUT2D eigenvalue weighted by molar-refractivity contribution is 0.0784. The second-order valence-corrected chi connectivity index (χ2v) is 10.3. The first kappa shape index (κ1) is 22.3. The number of nitrogens with zero attached hydrogens (tertiary/aromatic N) is 2. The fourth-order valence-electron chi connectivity index (χ4n) is 4.52. The van der Waals surface area contributed by atoms with Gasteiger partial charge >= 0.3 is 0 Å². The number of sulfone groups is 1. The van der Waals surface area contributed by atoms with Gasteiger partial charge in [0.05, 0.1) is 23.0 Å². The number of rotatable bonds is 4. The number of morpholine rings is 1. The molecule has 7 nitrogen and oxygen atoms in total. The second-order valence-electron chi connectivity index (χ2n) is 8.43. The van der Waals surface area contributed by atoms with Crippen LogP contribution >= 0.6 is 0 Å². The fourth-order valence-corrected chi connectivity index (χ4v) is 6.20. The van der Waals surface area contributed by atoms with Crippen LogP contribution in [0.25, 0.3) is 0 Å². The van der Waals surface area contributed by atoms with Crippen LogP contribution in [0.5, 0.6) is 0 Å². The number of hydrogen-bond acceptors (Lipinski definition) is 6. The maximum absolute atomic E-state index is 13.3. The SMILES string of the molecule is CN(Cc1ccccc1N1CCOCC1)C(=O)c1ccc2c(c1)S(=O)(=O)c1ccccc1C2=O. The van der Waals surface area contributed by atoms with Crippen molar-refractivity contribution in [2.24, 2.45) is 0 Å². The van der Waals surface area contributed by atoms with Gasteiger partial charge in [-0.2, -0.15) is 0 Å². The maximum Gasteiger partial charge on any atom is 0.253 e. The predicted octanol–water partition coefficient (Wildman–Crippen LogP) is 3.17. The van der Waals surface area contributed by atoms with Crippen LogP contribution in [0.1, 0.15) is 31.8 Å². The molecule has 0 spiro atoms. The van der Waals surface area contributed by atoms with Crippen LogP contribution in [0, 0.1) is 0 Å². The number of fused-ring (bicyclic) bond motifs is 2. The minimum atomic E-state index is -3.91. The van der Waals surface area contributed by atoms with Crippen molar-refractivity contribution in [3.05, 3.63) is 89.0 Å². The summed E-state index contributed by atoms with van der Waals surface area (Å²) >= 11 is 0. The molecule has 2 aliphatic rings. The Bertz CT molecular complexity index is 1390. The Morgan fingerprint density at radius 3 is 2.41 bits per heavy atom. The third kappa shape index (κ3) is 3.78. The Labute approximate surface area is 198 Å². The Kier molecular flexibility index (Phi) is 5.71. The highest BCUT2D eigenvalue weighted by molar-refractivity contribution is 7.91. The van der Waals surface area contributed by atoms with Crippen molar-refractivity contribution in [2.45, 2.75) is 16.3 Å². The Morgan fingerprint density at radius 2 is 1.62 bits per heavy atom. The van der Waals surface area contributed by atoms with E-state index < -0.39 is 9.84 Å². The van der Waals surface area contributed by atoms with Crippen molar-refractivity contribution in [2.75, 3.05) is 38.3 Å². The second kappa shape index (κ2) is 8.70. The smallest absolute Gasteiger partial charge is 0.253 e. The molecule has 0 N–H and O–H groups in total. The summed E-state index contributed by atoms with van der Waals surface area (Å²) in [6, 6.07) is 18.4. The molecule has 2 heterocycles. The molecule has 1 amide bonds. The zero-order chi connectivity index (χ0) is 23.9. The number of carbonyl (C=O) groups is 2. The Hall–Kier alpha value is -3.49. The molecule has 5 rings (SSSR count). The molecule has 8 heteroatoms. The summed E-state index contributed by atoms with van der Waals surface area (Å²) in [6.07, 6.45) is 0. The van der Waals surface area contributed by atoms with E-state index in [0.717, 1.165) is 24.3 Å². The molecule has 0 radical (unpaired) electrons. The standard InChI is InChI=1S/C26H24N2O5S/c1-27(17-19-6-2-4-8-22(19)28-12-14-33-15-13-28)26(30)18-10-11-21-24(16-18)34(31,32)23-9-5-3-7-20(23)25(21)29/h2-11,16H,12-15,17H2,1H3. The van der Waals surface area contributed by atoms with Gasteiger partial charge in [-0.25, -0.2) is 8.42 Å². The molecule has 1 fully saturated rings. The van der Waals surface area contributed by atoms with Gasteiger partial charge in [0.1, 0.15) is 0 Å². The number of carbonyl (C=O) groups excluding carboxylic acids is 2. The molecule has 2 aliphatic heterocycles. The normalized spacial score (nSPS) is 16.5. The van der Waals surface area contributed by atoms with Crippen molar-refractivity contribution in [1.82, 2.24) is 4.90 Å². The monoisotopic (exact) mass is 476 g/mol. The first-order valence-corrected chi connectivity index (χ1v) is 12.5. The number of amides is 1. The van der Waals surface area contributed by atoms with Crippen LogP contribution in [-0.2, 0) is 21.1 Å². The van der Waals surface area contributed by atoms with Gasteiger partial charge in [0, 0.05) is 49.1 Å². The van der Waals surface area contributed by atoms with Crippen molar-refractivity contribution < 1.29 is 22.7 Å². The first-order chi connectivity index (χ1) is 16.4. The summed E-state index contributed by atoms with van der Waals surface area (Å²) < 4.78 is 31.9. The average molecular weight is 477 g/mol. The quantitative estimate of drug-likeness (QED) is 0.450. The van der Waals surface area contributed by atoms with Gasteiger partial charge in [-0.1, -0.05) is 30.3 Å². The number of para-hydroxylation sites is 1. The summed E-state index contributed by atoms with van der Waals surface area (Å²) in [4.78, 5) is 29.8. The fraction of sp³-hybridized carbons (Fsp3) is 0.231. The minimum absolute atomic E-state index is 0.0232. The van der Waals surface area contributed by atoms with E-state index in [1.165, 1.54) is 30.3 Å². The molecule has 174 valence electrons. The van der Waals surface area contributed by atoms with Gasteiger partial charge in [0.15, 0.2) is 5.78 Å². The molecular weight excluding hydrogens is 452 g/mol. The molecule has 0 aromatic heterocycles. The lowest BCUT2D eigenvalue weighted by atomic mass is 10.0. The first-order valence-electron chi connectivity index (χ1n) is 11.1. The molecular formula is C26H24N2O5S. The van der Waals surface area contributed by atoms with Crippen LogP contribution in [0.3, 0.4) is 0 Å². The molecule has 0 bridgehead atoms. The third-order valence-electron chi connectivity index (χ3n) is 6.28. The van der Waals surface area contributed by atoms with Gasteiger partial charge < -0.3 is 14.5 Å². The highest BCUT2D eigenvalue weighted by Crippen LogP contribution is 2.35. The van der Waals surface area contributed by atoms with E-state index in [0.29, 0.717) is 19.8 Å². The lowest BCUT2D eigenvalue weighted by Gasteiger charge is -2.31. The molecule has 3 aromatic carbocycles. The van der Waals surface area contributed by atoms with Crippen molar-refractivity contribution in [3.63, 3.8) is 0 Å². The zero-order valence-electron chi connectivity index (χ0n) is 18.7. The number of benzene rings is 3. The van der Waals surface area contributed by atoms with Crippen LogP contribution < -0.4 is 4.90 Å². The van der Waals surface area contributed by atoms with E-state index in [1.54, 1.807) is 24.1 Å². The van der Waals surface area contributed by atoms with E-state index in [1.807, 2.05) is 24.3 Å². The van der Waals surface area contributed by atoms with E-state index in [-0.39, 0.29) is 38.2 Å². The maximum atomic E-state index is 13.3. The zero-order valence-corrected chi connectivity index (χ0v) is 19.5. The molecule has 1 saturated heterocycles. The molecule has 34 heavy (non-hydrogen) atoms. The van der Waals surface area contributed by atoms with Gasteiger partial charge in [0.2, 0.25) is 9.84 Å². The predicted molar refractivity (Wildman–Crippen MR) is 127 cm³/mol. The summed E-state index contributed by atoms with van der Waals surface area (Å²) in [5, 5.41) is 0. The topological polar surface area (TPSA) is 84.0 Å². The van der Waals surface area contributed by atoms with E-state index >= 15 is 0 Å². The highest BCUT2D eigenvalue weighted by Gasteiger charge is 2.35. The number of anilines is 1. The molecule has 3 aromatic rings. The number of ketones is 1.